The Bertz CT molecular complexity index is 1430. The third kappa shape index (κ3) is 6.35. The van der Waals surface area contributed by atoms with Gasteiger partial charge in [0.05, 0.1) is 34.7 Å². The number of hydrogen-bond donors (Lipinski definition) is 3. The van der Waals surface area contributed by atoms with Crippen molar-refractivity contribution in [1.29, 1.82) is 0 Å². The van der Waals surface area contributed by atoms with Crippen LogP contribution in [-0.2, 0) is 15.8 Å². The van der Waals surface area contributed by atoms with Crippen LogP contribution in [0.4, 0.5) is 17.6 Å². The van der Waals surface area contributed by atoms with Crippen LogP contribution in [0.1, 0.15) is 82.6 Å². The number of halogens is 4. The van der Waals surface area contributed by atoms with E-state index in [9.17, 15) is 31.4 Å². The molecule has 2 atom stereocenters. The first-order chi connectivity index (χ1) is 20.6. The minimum Gasteiger partial charge on any atom is -0.481 e. The molecule has 10 nitrogen and oxygen atoms in total. The number of aromatic nitrogens is 3. The van der Waals surface area contributed by atoms with Crippen LogP contribution in [0.5, 0.6) is 5.88 Å². The van der Waals surface area contributed by atoms with Crippen molar-refractivity contribution in [1.82, 2.24) is 30.1 Å². The van der Waals surface area contributed by atoms with E-state index in [4.69, 9.17) is 4.74 Å². The van der Waals surface area contributed by atoms with E-state index < -0.39 is 44.8 Å². The zero-order valence-corrected chi connectivity index (χ0v) is 26.0. The molecule has 2 amide bonds. The van der Waals surface area contributed by atoms with E-state index in [2.05, 4.69) is 25.2 Å². The Morgan fingerprint density at radius 3 is 2.39 bits per heavy atom. The normalized spacial score (nSPS) is 25.9. The van der Waals surface area contributed by atoms with Gasteiger partial charge in [0.1, 0.15) is 11.2 Å². The van der Waals surface area contributed by atoms with Gasteiger partial charge in [0.2, 0.25) is 11.8 Å². The number of rotatable bonds is 7. The summed E-state index contributed by atoms with van der Waals surface area (Å²) in [4.78, 5) is 32.3. The summed E-state index contributed by atoms with van der Waals surface area (Å²) in [5.41, 5.74) is -2.18. The lowest BCUT2D eigenvalue weighted by Gasteiger charge is -2.43. The van der Waals surface area contributed by atoms with Crippen molar-refractivity contribution >= 4 is 22.8 Å². The molecule has 1 aliphatic heterocycles. The minimum atomic E-state index is -4.59. The van der Waals surface area contributed by atoms with Crippen LogP contribution in [0.3, 0.4) is 0 Å². The van der Waals surface area contributed by atoms with Gasteiger partial charge in [0.15, 0.2) is 5.82 Å². The molecule has 2 aromatic rings. The van der Waals surface area contributed by atoms with E-state index >= 15 is 0 Å². The molecule has 2 aromatic heterocycles. The molecule has 15 heteroatoms. The van der Waals surface area contributed by atoms with Gasteiger partial charge in [-0.3, -0.25) is 14.7 Å². The number of H-pyrrole nitrogens is 1. The second-order valence-electron chi connectivity index (χ2n) is 13.1. The van der Waals surface area contributed by atoms with Gasteiger partial charge in [-0.25, -0.2) is 18.3 Å². The maximum Gasteiger partial charge on any atom is 0.407 e. The smallest absolute Gasteiger partial charge is 0.407 e. The molecule has 242 valence electrons. The predicted octanol–water partition coefficient (Wildman–Crippen LogP) is 4.42. The number of methoxy groups -OCH3 is 1. The molecule has 0 bridgehead atoms. The quantitative estimate of drug-likeness (QED) is 0.384. The molecular weight excluding hydrogens is 604 g/mol. The van der Waals surface area contributed by atoms with Crippen molar-refractivity contribution in [3.05, 3.63) is 29.8 Å². The summed E-state index contributed by atoms with van der Waals surface area (Å²) in [6.07, 6.45) is -1.62. The number of ether oxygens (including phenoxy) is 1. The topological polar surface area (TPSA) is 129 Å². The number of hydrogen-bond acceptors (Lipinski definition) is 6. The van der Waals surface area contributed by atoms with E-state index in [1.54, 1.807) is 25.7 Å². The largest absolute Gasteiger partial charge is 0.481 e. The van der Waals surface area contributed by atoms with E-state index in [1.807, 2.05) is 0 Å². The highest BCUT2D eigenvalue weighted by molar-refractivity contribution is 7.84. The molecule has 3 N–H and O–H groups in total. The molecule has 0 aromatic carbocycles. The number of aromatic amines is 1. The molecule has 0 radical (unpaired) electrons. The lowest BCUT2D eigenvalue weighted by molar-refractivity contribution is -0.200. The molecular formula is C29H38F4N6O4S. The van der Waals surface area contributed by atoms with Gasteiger partial charge in [-0.1, -0.05) is 0 Å². The van der Waals surface area contributed by atoms with Gasteiger partial charge in [-0.2, -0.15) is 18.3 Å². The van der Waals surface area contributed by atoms with Crippen molar-refractivity contribution < 1.29 is 36.1 Å². The molecule has 5 rings (SSSR count). The maximum atomic E-state index is 14.4. The van der Waals surface area contributed by atoms with Crippen LogP contribution in [0, 0.1) is 11.7 Å². The van der Waals surface area contributed by atoms with Gasteiger partial charge in [-0.05, 0) is 78.2 Å². The highest BCUT2D eigenvalue weighted by Gasteiger charge is 2.58. The van der Waals surface area contributed by atoms with Gasteiger partial charge in [0, 0.05) is 35.7 Å². The molecule has 2 aliphatic carbocycles. The zero-order chi connectivity index (χ0) is 32.1. The fourth-order valence-electron chi connectivity index (χ4n) is 6.14. The molecule has 2 unspecified atom stereocenters. The van der Waals surface area contributed by atoms with Crippen LogP contribution in [0.15, 0.2) is 18.3 Å². The Morgan fingerprint density at radius 1 is 1.11 bits per heavy atom. The Morgan fingerprint density at radius 2 is 1.80 bits per heavy atom. The number of alkyl halides is 3. The predicted molar refractivity (Wildman–Crippen MR) is 154 cm³/mol. The summed E-state index contributed by atoms with van der Waals surface area (Å²) in [5.74, 6) is -1.29. The van der Waals surface area contributed by atoms with E-state index in [-0.39, 0.29) is 66.2 Å². The van der Waals surface area contributed by atoms with Crippen molar-refractivity contribution in [3.63, 3.8) is 0 Å². The molecule has 3 aliphatic rings. The van der Waals surface area contributed by atoms with E-state index in [0.717, 1.165) is 19.0 Å². The third-order valence-electron chi connectivity index (χ3n) is 9.04. The molecule has 44 heavy (non-hydrogen) atoms. The molecule has 2 saturated carbocycles. The Kier molecular flexibility index (Phi) is 8.59. The highest BCUT2D eigenvalue weighted by atomic mass is 32.2. The standard InChI is InChI=1S/C29H38F4N6O4S/c1-26(2,3)44(42)38-28(29(31,32)33)8-5-18(6-9-28)35-24(40)17-7-12-39(27(15-17)10-11-27)25(41)22-14-21(36-37-22)19-13-23(43-4)34-16-20(19)30/h13-14,16-18,38H,5-12,15H2,1-4H3,(H,35,40)(H,36,37). The second kappa shape index (κ2) is 11.7. The van der Waals surface area contributed by atoms with Crippen LogP contribution >= 0.6 is 0 Å². The lowest BCUT2D eigenvalue weighted by atomic mass is 9.79. The fraction of sp³-hybridized carbons (Fsp3) is 0.655. The van der Waals surface area contributed by atoms with Crippen LogP contribution in [0.2, 0.25) is 0 Å². The average Bonchev–Trinajstić information content (AvgIpc) is 3.53. The van der Waals surface area contributed by atoms with Gasteiger partial charge >= 0.3 is 6.18 Å². The van der Waals surface area contributed by atoms with Crippen LogP contribution in [0.25, 0.3) is 11.3 Å². The number of likely N-dealkylation sites (tertiary alicyclic amines) is 1. The summed E-state index contributed by atoms with van der Waals surface area (Å²) < 4.78 is 75.9. The molecule has 3 heterocycles. The van der Waals surface area contributed by atoms with E-state index in [1.165, 1.54) is 19.2 Å². The SMILES string of the molecule is COc1cc(-c2cc(C(=O)N3CCC(C(=O)NC4CCC(NS(=O)C(C)(C)C)(C(F)(F)F)CC4)CC34CC4)[nH]n2)c(F)cn1. The number of piperidine rings is 1. The first-order valence-corrected chi connectivity index (χ1v) is 15.9. The van der Waals surface area contributed by atoms with Crippen molar-refractivity contribution in [2.24, 2.45) is 5.92 Å². The summed E-state index contributed by atoms with van der Waals surface area (Å²) in [6, 6.07) is 2.45. The molecule has 1 saturated heterocycles. The summed E-state index contributed by atoms with van der Waals surface area (Å²) in [7, 11) is -0.491. The van der Waals surface area contributed by atoms with Crippen LogP contribution in [-0.4, -0.2) is 77.8 Å². The number of carbonyl (C=O) groups excluding carboxylic acids is 2. The summed E-state index contributed by atoms with van der Waals surface area (Å²) >= 11 is 0. The highest BCUT2D eigenvalue weighted by Crippen LogP contribution is 2.51. The number of amides is 2. The first kappa shape index (κ1) is 32.3. The number of carbonyl (C=O) groups is 2. The zero-order valence-electron chi connectivity index (χ0n) is 25.1. The van der Waals surface area contributed by atoms with Crippen molar-refractivity contribution in [2.75, 3.05) is 13.7 Å². The number of nitrogens with zero attached hydrogens (tertiary/aromatic N) is 3. The minimum absolute atomic E-state index is 0.105. The molecule has 1 spiro atoms. The summed E-state index contributed by atoms with van der Waals surface area (Å²) in [5, 5.41) is 9.78. The second-order valence-corrected chi connectivity index (χ2v) is 15.1. The average molecular weight is 643 g/mol. The first-order valence-electron chi connectivity index (χ1n) is 14.7. The monoisotopic (exact) mass is 642 g/mol. The van der Waals surface area contributed by atoms with Gasteiger partial charge in [0.25, 0.3) is 5.91 Å². The van der Waals surface area contributed by atoms with Gasteiger partial charge in [-0.15, -0.1) is 0 Å². The van der Waals surface area contributed by atoms with Gasteiger partial charge < -0.3 is 15.0 Å². The lowest BCUT2D eigenvalue weighted by Crippen LogP contribution is -2.62. The number of nitrogens with one attached hydrogen (secondary N) is 3. The fourth-order valence-corrected chi connectivity index (χ4v) is 7.12. The van der Waals surface area contributed by atoms with Crippen molar-refractivity contribution in [2.45, 2.75) is 100 Å². The Labute approximate surface area is 255 Å². The number of pyridine rings is 1. The van der Waals surface area contributed by atoms with Crippen LogP contribution < -0.4 is 14.8 Å². The molecule has 3 fully saturated rings. The summed E-state index contributed by atoms with van der Waals surface area (Å²) in [6.45, 7) is 5.18. The maximum absolute atomic E-state index is 14.4. The Hall–Kier alpha value is -3.07. The van der Waals surface area contributed by atoms with E-state index in [0.29, 0.717) is 19.4 Å². The Balaban J connectivity index is 1.19. The third-order valence-corrected chi connectivity index (χ3v) is 10.7. The van der Waals surface area contributed by atoms with Crippen molar-refractivity contribution in [3.8, 4) is 17.1 Å².